The number of nitrogens with one attached hydrogen (secondary N) is 1. The van der Waals surface area contributed by atoms with E-state index in [0.29, 0.717) is 36.7 Å². The molecule has 1 aliphatic rings. The minimum Gasteiger partial charge on any atom is -0.478 e. The third-order valence-electron chi connectivity index (χ3n) is 6.84. The van der Waals surface area contributed by atoms with Crippen molar-refractivity contribution in [3.63, 3.8) is 0 Å². The van der Waals surface area contributed by atoms with Gasteiger partial charge in [-0.3, -0.25) is 0 Å². The molecule has 0 spiro atoms. The summed E-state index contributed by atoms with van der Waals surface area (Å²) in [5, 5.41) is 12.6. The molecule has 3 atom stereocenters. The van der Waals surface area contributed by atoms with Crippen LogP contribution < -0.4 is 5.32 Å². The topological polar surface area (TPSA) is 88.1 Å². The van der Waals surface area contributed by atoms with Gasteiger partial charge in [-0.25, -0.2) is 9.59 Å². The molecule has 7 heteroatoms. The van der Waals surface area contributed by atoms with Crippen molar-refractivity contribution in [3.05, 3.63) is 34.9 Å². The summed E-state index contributed by atoms with van der Waals surface area (Å²) in [6.45, 7) is 12.3. The average Bonchev–Trinajstić information content (AvgIpc) is 2.80. The number of hydrogen-bond donors (Lipinski definition) is 2. The van der Waals surface area contributed by atoms with Gasteiger partial charge in [0, 0.05) is 19.1 Å². The van der Waals surface area contributed by atoms with E-state index >= 15 is 0 Å². The normalized spacial score (nSPS) is 19.1. The molecule has 1 fully saturated rings. The first-order chi connectivity index (χ1) is 16.2. The van der Waals surface area contributed by atoms with Crippen LogP contribution in [-0.4, -0.2) is 60.0 Å². The smallest absolute Gasteiger partial charge is 0.336 e. The number of hydrogen-bond acceptors (Lipinski definition) is 4. The van der Waals surface area contributed by atoms with Gasteiger partial charge in [-0.1, -0.05) is 45.4 Å². The molecular weight excluding hydrogens is 432 g/mol. The first kappa shape index (κ1) is 28.1. The van der Waals surface area contributed by atoms with Crippen LogP contribution in [0, 0.1) is 12.8 Å². The molecule has 192 valence electrons. The van der Waals surface area contributed by atoms with Gasteiger partial charge >= 0.3 is 12.0 Å². The fraction of sp³-hybridized carbons (Fsp3) is 0.704. The summed E-state index contributed by atoms with van der Waals surface area (Å²) in [4.78, 5) is 26.2. The molecule has 3 unspecified atom stereocenters. The first-order valence-electron chi connectivity index (χ1n) is 12.8. The Hall–Kier alpha value is -2.12. The van der Waals surface area contributed by atoms with E-state index in [0.717, 1.165) is 44.1 Å². The summed E-state index contributed by atoms with van der Waals surface area (Å²) in [6, 6.07) is 5.62. The maximum absolute atomic E-state index is 12.7. The second-order valence-electron chi connectivity index (χ2n) is 9.77. The lowest BCUT2D eigenvalue weighted by Gasteiger charge is -2.33. The largest absolute Gasteiger partial charge is 0.478 e. The van der Waals surface area contributed by atoms with E-state index in [2.05, 4.69) is 33.0 Å². The Balaban J connectivity index is 1.85. The van der Waals surface area contributed by atoms with Crippen LogP contribution in [0.15, 0.2) is 18.2 Å². The molecule has 1 aromatic carbocycles. The number of amides is 2. The zero-order chi connectivity index (χ0) is 25.1. The highest BCUT2D eigenvalue weighted by Crippen LogP contribution is 2.25. The zero-order valence-corrected chi connectivity index (χ0v) is 21.6. The predicted octanol–water partition coefficient (Wildman–Crippen LogP) is 5.39. The average molecular weight is 477 g/mol. The maximum Gasteiger partial charge on any atom is 0.336 e. The predicted molar refractivity (Wildman–Crippen MR) is 134 cm³/mol. The highest BCUT2D eigenvalue weighted by molar-refractivity contribution is 5.91. The number of aryl methyl sites for hydroxylation is 1. The van der Waals surface area contributed by atoms with Gasteiger partial charge in [-0.2, -0.15) is 0 Å². The summed E-state index contributed by atoms with van der Waals surface area (Å²) in [5.74, 6) is -0.554. The monoisotopic (exact) mass is 476 g/mol. The van der Waals surface area contributed by atoms with E-state index in [1.54, 1.807) is 0 Å². The van der Waals surface area contributed by atoms with Crippen molar-refractivity contribution in [2.45, 2.75) is 98.0 Å². The van der Waals surface area contributed by atoms with Gasteiger partial charge in [0.25, 0.3) is 0 Å². The van der Waals surface area contributed by atoms with E-state index in [9.17, 15) is 14.7 Å². The van der Waals surface area contributed by atoms with Crippen LogP contribution in [0.25, 0.3) is 0 Å². The Bertz CT molecular complexity index is 782. The quantitative estimate of drug-likeness (QED) is 0.373. The molecule has 0 heterocycles. The minimum absolute atomic E-state index is 0.0181. The van der Waals surface area contributed by atoms with Gasteiger partial charge in [0.15, 0.2) is 0 Å². The van der Waals surface area contributed by atoms with Crippen molar-refractivity contribution in [2.24, 2.45) is 5.92 Å². The van der Waals surface area contributed by atoms with Crippen molar-refractivity contribution in [1.29, 1.82) is 0 Å². The van der Waals surface area contributed by atoms with Gasteiger partial charge in [-0.05, 0) is 63.0 Å². The highest BCUT2D eigenvalue weighted by Gasteiger charge is 2.26. The Morgan fingerprint density at radius 3 is 2.53 bits per heavy atom. The number of nitrogens with zero attached hydrogens (tertiary/aromatic N) is 1. The van der Waals surface area contributed by atoms with E-state index in [-0.39, 0.29) is 30.9 Å². The highest BCUT2D eigenvalue weighted by atomic mass is 16.5. The first-order valence-corrected chi connectivity index (χ1v) is 12.8. The molecule has 1 saturated carbocycles. The SMILES string of the molecule is CCCCNC(=O)N(CCOC1CCCC(OCc2cccc(C)c2C(=O)O)C1)C(C)C(C)C. The number of carbonyl (C=O) groups is 2. The molecule has 2 N–H and O–H groups in total. The maximum atomic E-state index is 12.7. The van der Waals surface area contributed by atoms with Crippen LogP contribution in [0.2, 0.25) is 0 Å². The molecule has 1 aromatic rings. The molecule has 34 heavy (non-hydrogen) atoms. The van der Waals surface area contributed by atoms with Crippen LogP contribution in [0.3, 0.4) is 0 Å². The molecule has 2 amide bonds. The molecule has 0 bridgehead atoms. The van der Waals surface area contributed by atoms with Gasteiger partial charge in [-0.15, -0.1) is 0 Å². The summed E-state index contributed by atoms with van der Waals surface area (Å²) in [6.07, 6.45) is 5.90. The molecular formula is C27H44N2O5. The summed E-state index contributed by atoms with van der Waals surface area (Å²) < 4.78 is 12.3. The van der Waals surface area contributed by atoms with Crippen molar-refractivity contribution in [3.8, 4) is 0 Å². The summed E-state index contributed by atoms with van der Waals surface area (Å²) in [7, 11) is 0. The Morgan fingerprint density at radius 1 is 1.18 bits per heavy atom. The van der Waals surface area contributed by atoms with E-state index in [1.807, 2.05) is 30.0 Å². The molecule has 2 rings (SSSR count). The number of aromatic carboxylic acids is 1. The lowest BCUT2D eigenvalue weighted by atomic mass is 9.94. The van der Waals surface area contributed by atoms with Crippen molar-refractivity contribution in [2.75, 3.05) is 19.7 Å². The van der Waals surface area contributed by atoms with Crippen LogP contribution in [0.4, 0.5) is 4.79 Å². The molecule has 0 saturated heterocycles. The lowest BCUT2D eigenvalue weighted by molar-refractivity contribution is -0.0536. The molecule has 7 nitrogen and oxygen atoms in total. The van der Waals surface area contributed by atoms with Gasteiger partial charge in [0.05, 0.1) is 31.0 Å². The van der Waals surface area contributed by atoms with Crippen LogP contribution in [0.1, 0.15) is 87.7 Å². The third kappa shape index (κ3) is 8.58. The number of carbonyl (C=O) groups excluding carboxylic acids is 1. The summed E-state index contributed by atoms with van der Waals surface area (Å²) >= 11 is 0. The van der Waals surface area contributed by atoms with Gasteiger partial charge in [0.2, 0.25) is 0 Å². The Morgan fingerprint density at radius 2 is 1.88 bits per heavy atom. The van der Waals surface area contributed by atoms with E-state index < -0.39 is 5.97 Å². The van der Waals surface area contributed by atoms with E-state index in [4.69, 9.17) is 9.47 Å². The number of carboxylic acids is 1. The van der Waals surface area contributed by atoms with Gasteiger partial charge < -0.3 is 24.8 Å². The van der Waals surface area contributed by atoms with Crippen LogP contribution in [0.5, 0.6) is 0 Å². The second-order valence-corrected chi connectivity index (χ2v) is 9.77. The van der Waals surface area contributed by atoms with E-state index in [1.165, 1.54) is 0 Å². The number of unbranched alkanes of at least 4 members (excludes halogenated alkanes) is 1. The van der Waals surface area contributed by atoms with Crippen molar-refractivity contribution < 1.29 is 24.2 Å². The second kappa shape index (κ2) is 14.3. The molecule has 1 aliphatic carbocycles. The number of ether oxygens (including phenoxy) is 2. The third-order valence-corrected chi connectivity index (χ3v) is 6.84. The lowest BCUT2D eigenvalue weighted by Crippen LogP contribution is -2.49. The molecule has 0 radical (unpaired) electrons. The molecule has 0 aromatic heterocycles. The van der Waals surface area contributed by atoms with Crippen molar-refractivity contribution in [1.82, 2.24) is 10.2 Å². The minimum atomic E-state index is -0.916. The van der Waals surface area contributed by atoms with Gasteiger partial charge in [0.1, 0.15) is 0 Å². The Labute approximate surface area is 205 Å². The number of rotatable bonds is 13. The number of urea groups is 1. The van der Waals surface area contributed by atoms with Crippen LogP contribution >= 0.6 is 0 Å². The Kier molecular flexibility index (Phi) is 11.8. The van der Waals surface area contributed by atoms with Crippen molar-refractivity contribution >= 4 is 12.0 Å². The summed E-state index contributed by atoms with van der Waals surface area (Å²) in [5.41, 5.74) is 1.79. The fourth-order valence-electron chi connectivity index (χ4n) is 4.41. The number of carboxylic acid groups (broad SMARTS) is 1. The standard InChI is InChI=1S/C27H44N2O5/c1-6-7-14-28-27(32)29(21(5)19(2)3)15-16-33-23-12-9-13-24(17-23)34-18-22-11-8-10-20(4)25(22)26(30)31/h8,10-11,19,21,23-24H,6-7,9,12-18H2,1-5H3,(H,28,32)(H,30,31). The zero-order valence-electron chi connectivity index (χ0n) is 21.6. The van der Waals surface area contributed by atoms with Crippen LogP contribution in [-0.2, 0) is 16.1 Å². The number of benzene rings is 1. The molecule has 0 aliphatic heterocycles. The fourth-order valence-corrected chi connectivity index (χ4v) is 4.41.